The molecule has 0 heterocycles. The van der Waals surface area contributed by atoms with Crippen LogP contribution >= 0.6 is 0 Å². The van der Waals surface area contributed by atoms with E-state index in [0.29, 0.717) is 6.80 Å². The van der Waals surface area contributed by atoms with Gasteiger partial charge in [-0.05, 0) is 0 Å². The van der Waals surface area contributed by atoms with Crippen LogP contribution < -0.4 is 0 Å². The van der Waals surface area contributed by atoms with Crippen molar-refractivity contribution < 1.29 is 1.37 Å². The smallest absolute Gasteiger partial charge is 0.0922 e. The molecule has 0 aliphatic carbocycles. The molecule has 0 aromatic heterocycles. The molecule has 0 bridgehead atoms. The zero-order valence-electron chi connectivity index (χ0n) is 3.28. The zero-order valence-corrected chi connectivity index (χ0v) is 2.28. The Kier molecular flexibility index (Phi) is 60.0. The highest BCUT2D eigenvalue weighted by Crippen LogP contribution is 1.36. The summed E-state index contributed by atoms with van der Waals surface area (Å²) in [6, 6.07) is 0. The minimum absolute atomic E-state index is 0. The quantitative estimate of drug-likeness (QED) is 0.386. The summed E-state index contributed by atoms with van der Waals surface area (Å²) < 4.78 is 6.40. The van der Waals surface area contributed by atoms with E-state index in [9.17, 15) is 0 Å². The summed E-state index contributed by atoms with van der Waals surface area (Å²) in [7, 11) is 1.79. The first-order chi connectivity index (χ1) is 1.91. The zero-order chi connectivity index (χ0) is 3.41. The van der Waals surface area contributed by atoms with E-state index in [1.807, 2.05) is 6.82 Å². The fourth-order valence-corrected chi connectivity index (χ4v) is 0. The molecule has 0 saturated heterocycles. The van der Waals surface area contributed by atoms with Crippen LogP contribution in [0.1, 0.15) is 16.2 Å². The minimum Gasteiger partial charge on any atom is -0.0922 e. The summed E-state index contributed by atoms with van der Waals surface area (Å²) in [5, 5.41) is 0. The van der Waals surface area contributed by atoms with Crippen LogP contribution in [0.15, 0.2) is 0 Å². The van der Waals surface area contributed by atoms with Gasteiger partial charge in [-0.3, -0.25) is 0 Å². The molecule has 0 amide bonds. The van der Waals surface area contributed by atoms with Gasteiger partial charge in [0.05, 0.1) is 0 Å². The van der Waals surface area contributed by atoms with E-state index in [2.05, 4.69) is 0 Å². The summed E-state index contributed by atoms with van der Waals surface area (Å²) in [5.74, 6) is 0. The highest BCUT2D eigenvalue weighted by Gasteiger charge is 1.42. The molecule has 33 valence electrons. The first kappa shape index (κ1) is 8.91. The Hall–Kier alpha value is 0.0649. The largest absolute Gasteiger partial charge is 0.102 e. The molecule has 0 rings (SSSR count). The van der Waals surface area contributed by atoms with Gasteiger partial charge in [0.1, 0.15) is 7.28 Å². The summed E-state index contributed by atoms with van der Waals surface area (Å²) in [5.41, 5.74) is 0. The highest BCUT2D eigenvalue weighted by atomic mass is 12.9. The van der Waals surface area contributed by atoms with Gasteiger partial charge in [0.25, 0.3) is 0 Å². The van der Waals surface area contributed by atoms with E-state index in [-0.39, 0.29) is 14.9 Å². The molecular formula is C4H14B. The lowest BCUT2D eigenvalue weighted by Gasteiger charge is -1.41. The van der Waals surface area contributed by atoms with Crippen LogP contribution in [-0.4, -0.2) is 7.28 Å². The monoisotopic (exact) mass is 75.1 g/mol. The number of hydrogen-bond donors (Lipinski definition) is 0. The molecule has 0 N–H and O–H groups in total. The topological polar surface area (TPSA) is 0 Å². The molecule has 0 unspecified atom stereocenters. The summed E-state index contributed by atoms with van der Waals surface area (Å²) in [6.45, 7) is 2.31. The van der Waals surface area contributed by atoms with Crippen molar-refractivity contribution in [3.8, 4) is 0 Å². The molecule has 0 atom stereocenters. The Morgan fingerprint density at radius 2 is 1.80 bits per heavy atom. The predicted octanol–water partition coefficient (Wildman–Crippen LogP) is 2.06. The van der Waals surface area contributed by atoms with E-state index >= 15 is 0 Å². The molecule has 0 nitrogen and oxygen atoms in total. The van der Waals surface area contributed by atoms with Crippen molar-refractivity contribution in [3.05, 3.63) is 0 Å². The van der Waals surface area contributed by atoms with Crippen LogP contribution in [0.4, 0.5) is 0 Å². The van der Waals surface area contributed by atoms with Crippen LogP contribution in [0.25, 0.3) is 0 Å². The van der Waals surface area contributed by atoms with Crippen LogP contribution in [0.5, 0.6) is 0 Å². The van der Waals surface area contributed by atoms with Crippen molar-refractivity contribution in [1.29, 1.82) is 0 Å². The molecule has 0 spiro atoms. The van der Waals surface area contributed by atoms with Crippen molar-refractivity contribution in [2.75, 3.05) is 0 Å². The van der Waals surface area contributed by atoms with Gasteiger partial charge in [-0.25, -0.2) is 0 Å². The third-order valence-corrected chi connectivity index (χ3v) is 0. The minimum atomic E-state index is 0. The van der Waals surface area contributed by atoms with Crippen LogP contribution in [-0.2, 0) is 0 Å². The Balaban J connectivity index is -0.0000000450. The van der Waals surface area contributed by atoms with Gasteiger partial charge in [-0.1, -0.05) is 28.5 Å². The second-order valence-electron chi connectivity index (χ2n) is 0.408. The molecule has 0 fully saturated rings. The molecule has 5 heavy (non-hydrogen) atoms. The van der Waals surface area contributed by atoms with Gasteiger partial charge in [-0.2, -0.15) is 0 Å². The Morgan fingerprint density at radius 3 is 1.80 bits per heavy atom. The lowest BCUT2D eigenvalue weighted by Crippen LogP contribution is -1.53. The third kappa shape index (κ3) is 4110. The van der Waals surface area contributed by atoms with Crippen LogP contribution in [0.2, 0.25) is 13.6 Å². The second-order valence-corrected chi connectivity index (χ2v) is 0.408. The SMILES string of the molecule is C.C.[3H]C[B]C. The van der Waals surface area contributed by atoms with Crippen LogP contribution in [0.3, 0.4) is 0 Å². The van der Waals surface area contributed by atoms with E-state index in [1.165, 1.54) is 0 Å². The molecule has 0 saturated carbocycles. The Bertz CT molecular complexity index is 9.51. The van der Waals surface area contributed by atoms with Gasteiger partial charge in [0.15, 0.2) is 0 Å². The van der Waals surface area contributed by atoms with Crippen molar-refractivity contribution in [2.45, 2.75) is 28.5 Å². The predicted molar refractivity (Wildman–Crippen MR) is 30.9 cm³/mol. The Morgan fingerprint density at radius 1 is 1.60 bits per heavy atom. The van der Waals surface area contributed by atoms with Gasteiger partial charge in [0, 0.05) is 1.37 Å². The summed E-state index contributed by atoms with van der Waals surface area (Å²) >= 11 is 0. The molecule has 0 aliphatic rings. The van der Waals surface area contributed by atoms with Crippen molar-refractivity contribution >= 4 is 7.28 Å². The third-order valence-electron chi connectivity index (χ3n) is 0. The lowest BCUT2D eigenvalue weighted by molar-refractivity contribution is 2.14. The number of rotatable bonds is 0. The fraction of sp³-hybridized carbons (Fsp3) is 1.00. The summed E-state index contributed by atoms with van der Waals surface area (Å²) in [4.78, 5) is 0. The molecule has 1 radical (unpaired) electrons. The maximum atomic E-state index is 6.40. The van der Waals surface area contributed by atoms with Gasteiger partial charge in [-0.15, -0.1) is 0 Å². The van der Waals surface area contributed by atoms with Crippen molar-refractivity contribution in [2.24, 2.45) is 0 Å². The first-order valence-corrected chi connectivity index (χ1v) is 0.986. The van der Waals surface area contributed by atoms with Gasteiger partial charge >= 0.3 is 0 Å². The van der Waals surface area contributed by atoms with E-state index in [4.69, 9.17) is 1.37 Å². The molecule has 1 heteroatoms. The maximum Gasteiger partial charge on any atom is 0.102 e. The number of hydrogen-bond acceptors (Lipinski definition) is 0. The van der Waals surface area contributed by atoms with Crippen LogP contribution in [0, 0.1) is 0 Å². The average Bonchev–Trinajstić information content (AvgIpc) is 1.37. The maximum absolute atomic E-state index is 6.40. The Labute approximate surface area is 38.2 Å². The second kappa shape index (κ2) is 33.7. The molecule has 0 aliphatic heterocycles. The molecular weight excluding hydrogens is 58.9 g/mol. The first-order valence-electron chi connectivity index (χ1n) is 1.69. The average molecular weight is 75.0 g/mol. The summed E-state index contributed by atoms with van der Waals surface area (Å²) in [6.07, 6.45) is 0. The van der Waals surface area contributed by atoms with E-state index < -0.39 is 0 Å². The van der Waals surface area contributed by atoms with Crippen molar-refractivity contribution in [1.82, 2.24) is 0 Å². The standard InChI is InChI=1S/C2H6B.2CH4/c1-3-2;;/h1-2H3;2*1H4/i1T;;. The van der Waals surface area contributed by atoms with Gasteiger partial charge < -0.3 is 0 Å². The van der Waals surface area contributed by atoms with E-state index in [1.54, 1.807) is 7.28 Å². The molecule has 0 aromatic carbocycles. The van der Waals surface area contributed by atoms with E-state index in [0.717, 1.165) is 0 Å². The fourth-order valence-electron chi connectivity index (χ4n) is 0. The highest BCUT2D eigenvalue weighted by molar-refractivity contribution is 6.31. The van der Waals surface area contributed by atoms with Crippen molar-refractivity contribution in [3.63, 3.8) is 0 Å². The lowest BCUT2D eigenvalue weighted by atomic mass is 9.88. The molecule has 0 aromatic rings. The normalized spacial score (nSPS) is 5.40. The van der Waals surface area contributed by atoms with Gasteiger partial charge in [0.2, 0.25) is 0 Å².